The van der Waals surface area contributed by atoms with Gasteiger partial charge in [-0.2, -0.15) is 5.26 Å². The van der Waals surface area contributed by atoms with Crippen molar-refractivity contribution in [2.45, 2.75) is 25.7 Å². The van der Waals surface area contributed by atoms with Crippen molar-refractivity contribution in [3.8, 4) is 6.07 Å². The van der Waals surface area contributed by atoms with Crippen LogP contribution in [0, 0.1) is 16.7 Å². The molecule has 0 spiro atoms. The molecule has 0 N–H and O–H groups in total. The normalized spacial score (nSPS) is 20.2. The Morgan fingerprint density at radius 3 is 2.37 bits per heavy atom. The molecule has 5 nitrogen and oxygen atoms in total. The van der Waals surface area contributed by atoms with E-state index in [0.29, 0.717) is 24.8 Å². The molecule has 0 atom stereocenters. The average molecular weight is 261 g/mol. The first-order chi connectivity index (χ1) is 9.07. The van der Waals surface area contributed by atoms with Gasteiger partial charge in [-0.3, -0.25) is 9.59 Å². The fourth-order valence-corrected chi connectivity index (χ4v) is 2.81. The second kappa shape index (κ2) is 4.88. The van der Waals surface area contributed by atoms with Crippen molar-refractivity contribution in [1.82, 2.24) is 0 Å². The predicted octanol–water partition coefficient (Wildman–Crippen LogP) is 1.65. The van der Waals surface area contributed by atoms with Crippen LogP contribution in [0.5, 0.6) is 0 Å². The maximum Gasteiger partial charge on any atom is 0.323 e. The zero-order valence-corrected chi connectivity index (χ0v) is 11.0. The largest absolute Gasteiger partial charge is 0.468 e. The van der Waals surface area contributed by atoms with Gasteiger partial charge in [0.25, 0.3) is 0 Å². The average Bonchev–Trinajstić information content (AvgIpc) is 2.84. The summed E-state index contributed by atoms with van der Waals surface area (Å²) in [4.78, 5) is 24.0. The lowest BCUT2D eigenvalue weighted by Crippen LogP contribution is -2.39. The first-order valence-electron chi connectivity index (χ1n) is 6.06. The molecule has 2 aliphatic carbocycles. The number of carbonyl (C=O) groups excluding carboxylic acids is 2. The summed E-state index contributed by atoms with van der Waals surface area (Å²) in [5.41, 5.74) is 1.37. The van der Waals surface area contributed by atoms with E-state index in [9.17, 15) is 9.59 Å². The van der Waals surface area contributed by atoms with E-state index in [1.54, 1.807) is 6.08 Å². The van der Waals surface area contributed by atoms with E-state index in [2.05, 4.69) is 6.07 Å². The monoisotopic (exact) mass is 261 g/mol. The number of nitrogens with zero attached hydrogens (tertiary/aromatic N) is 1. The van der Waals surface area contributed by atoms with Gasteiger partial charge in [0.05, 0.1) is 20.3 Å². The van der Waals surface area contributed by atoms with E-state index in [1.165, 1.54) is 14.2 Å². The first-order valence-corrected chi connectivity index (χ1v) is 6.06. The fourth-order valence-electron chi connectivity index (χ4n) is 2.81. The van der Waals surface area contributed by atoms with E-state index >= 15 is 0 Å². The molecule has 0 heterocycles. The van der Waals surface area contributed by atoms with Crippen molar-refractivity contribution in [3.05, 3.63) is 22.8 Å². The molecule has 19 heavy (non-hydrogen) atoms. The number of nitriles is 1. The highest BCUT2D eigenvalue weighted by Gasteiger charge is 2.53. The van der Waals surface area contributed by atoms with E-state index in [4.69, 9.17) is 14.7 Å². The standard InChI is InChI=1S/C14H15NO4/c1-18-12(16)14(13(17)19-2)6-10-4-3-9(8-15)5-11(10)7-14/h5H,3-4,6-7H2,1-2H3. The van der Waals surface area contributed by atoms with Crippen molar-refractivity contribution >= 4 is 11.9 Å². The van der Waals surface area contributed by atoms with Gasteiger partial charge in [0.2, 0.25) is 0 Å². The second-order valence-corrected chi connectivity index (χ2v) is 4.83. The van der Waals surface area contributed by atoms with Crippen LogP contribution in [0.15, 0.2) is 22.8 Å². The van der Waals surface area contributed by atoms with Gasteiger partial charge >= 0.3 is 11.9 Å². The van der Waals surface area contributed by atoms with Crippen molar-refractivity contribution in [2.75, 3.05) is 14.2 Å². The molecule has 0 aromatic heterocycles. The summed E-state index contributed by atoms with van der Waals surface area (Å²) in [6.45, 7) is 0. The quantitative estimate of drug-likeness (QED) is 0.558. The smallest absolute Gasteiger partial charge is 0.323 e. The minimum absolute atomic E-state index is 0.257. The molecule has 0 aromatic rings. The zero-order valence-electron chi connectivity index (χ0n) is 11.0. The van der Waals surface area contributed by atoms with Crippen LogP contribution >= 0.6 is 0 Å². The lowest BCUT2D eigenvalue weighted by molar-refractivity contribution is -0.168. The number of rotatable bonds is 2. The first kappa shape index (κ1) is 13.3. The number of hydrogen-bond acceptors (Lipinski definition) is 5. The van der Waals surface area contributed by atoms with Crippen molar-refractivity contribution in [2.24, 2.45) is 5.41 Å². The topological polar surface area (TPSA) is 76.4 Å². The van der Waals surface area contributed by atoms with Crippen molar-refractivity contribution in [1.29, 1.82) is 5.26 Å². The fraction of sp³-hybridized carbons (Fsp3) is 0.500. The SMILES string of the molecule is COC(=O)C1(C(=O)OC)CC2=C(CCC(C#N)=C2)C1. The number of hydrogen-bond donors (Lipinski definition) is 0. The van der Waals surface area contributed by atoms with Gasteiger partial charge in [-0.05, 0) is 37.3 Å². The molecule has 2 rings (SSSR count). The Bertz CT molecular complexity index is 520. The van der Waals surface area contributed by atoms with Crippen LogP contribution in [0.25, 0.3) is 0 Å². The summed E-state index contributed by atoms with van der Waals surface area (Å²) in [5, 5.41) is 8.93. The summed E-state index contributed by atoms with van der Waals surface area (Å²) in [5.74, 6) is -1.14. The molecule has 0 radical (unpaired) electrons. The van der Waals surface area contributed by atoms with E-state index in [1.807, 2.05) is 0 Å². The van der Waals surface area contributed by atoms with Gasteiger partial charge < -0.3 is 9.47 Å². The molecule has 2 aliphatic rings. The predicted molar refractivity (Wildman–Crippen MR) is 65.7 cm³/mol. The summed E-state index contributed by atoms with van der Waals surface area (Å²) in [6, 6.07) is 2.12. The van der Waals surface area contributed by atoms with Gasteiger partial charge in [0.1, 0.15) is 0 Å². The van der Waals surface area contributed by atoms with E-state index in [-0.39, 0.29) is 6.42 Å². The Hall–Kier alpha value is -2.09. The number of methoxy groups -OCH3 is 2. The van der Waals surface area contributed by atoms with Gasteiger partial charge in [-0.1, -0.05) is 5.57 Å². The maximum absolute atomic E-state index is 12.0. The number of esters is 2. The van der Waals surface area contributed by atoms with Crippen LogP contribution < -0.4 is 0 Å². The Morgan fingerprint density at radius 2 is 1.84 bits per heavy atom. The Labute approximate surface area is 111 Å². The molecule has 0 aliphatic heterocycles. The lowest BCUT2D eigenvalue weighted by Gasteiger charge is -2.23. The number of allylic oxidation sites excluding steroid dienone is 4. The van der Waals surface area contributed by atoms with Crippen LogP contribution in [-0.2, 0) is 19.1 Å². The van der Waals surface area contributed by atoms with Crippen LogP contribution in [0.2, 0.25) is 0 Å². The highest BCUT2D eigenvalue weighted by molar-refractivity contribution is 6.01. The number of carbonyl (C=O) groups is 2. The summed E-state index contributed by atoms with van der Waals surface area (Å²) in [6.07, 6.45) is 3.74. The molecule has 0 unspecified atom stereocenters. The van der Waals surface area contributed by atoms with Gasteiger partial charge in [-0.15, -0.1) is 0 Å². The van der Waals surface area contributed by atoms with Crippen LogP contribution in [-0.4, -0.2) is 26.2 Å². The molecular weight excluding hydrogens is 246 g/mol. The Kier molecular flexibility index (Phi) is 3.43. The van der Waals surface area contributed by atoms with Crippen LogP contribution in [0.3, 0.4) is 0 Å². The molecule has 100 valence electrons. The summed E-state index contributed by atoms with van der Waals surface area (Å²) in [7, 11) is 2.53. The third kappa shape index (κ3) is 2.03. The van der Waals surface area contributed by atoms with Crippen LogP contribution in [0.4, 0.5) is 0 Å². The zero-order chi connectivity index (χ0) is 14.0. The molecular formula is C14H15NO4. The summed E-state index contributed by atoms with van der Waals surface area (Å²) < 4.78 is 9.54. The molecule has 5 heteroatoms. The minimum atomic E-state index is -1.27. The highest BCUT2D eigenvalue weighted by atomic mass is 16.5. The third-order valence-electron chi connectivity index (χ3n) is 3.80. The second-order valence-electron chi connectivity index (χ2n) is 4.83. The number of ether oxygens (including phenoxy) is 2. The van der Waals surface area contributed by atoms with Crippen molar-refractivity contribution < 1.29 is 19.1 Å². The van der Waals surface area contributed by atoms with E-state index < -0.39 is 17.4 Å². The molecule has 0 aromatic carbocycles. The third-order valence-corrected chi connectivity index (χ3v) is 3.80. The highest BCUT2D eigenvalue weighted by Crippen LogP contribution is 2.48. The van der Waals surface area contributed by atoms with Crippen molar-refractivity contribution in [3.63, 3.8) is 0 Å². The molecule has 0 bridgehead atoms. The molecule has 0 fully saturated rings. The van der Waals surface area contributed by atoms with Crippen LogP contribution in [0.1, 0.15) is 25.7 Å². The minimum Gasteiger partial charge on any atom is -0.468 e. The molecule has 0 amide bonds. The molecule has 0 saturated carbocycles. The lowest BCUT2D eigenvalue weighted by atomic mass is 9.83. The van der Waals surface area contributed by atoms with Gasteiger partial charge in [0, 0.05) is 5.57 Å². The van der Waals surface area contributed by atoms with Gasteiger partial charge in [-0.25, -0.2) is 0 Å². The summed E-state index contributed by atoms with van der Waals surface area (Å²) >= 11 is 0. The maximum atomic E-state index is 12.0. The Morgan fingerprint density at radius 1 is 1.21 bits per heavy atom. The Balaban J connectivity index is 2.35. The van der Waals surface area contributed by atoms with Gasteiger partial charge in [0.15, 0.2) is 5.41 Å². The molecule has 0 saturated heterocycles. The van der Waals surface area contributed by atoms with E-state index in [0.717, 1.165) is 11.1 Å².